The maximum absolute atomic E-state index is 5.80. The molecule has 1 aromatic rings. The number of hydrogen-bond acceptors (Lipinski definition) is 5. The molecule has 0 aromatic heterocycles. The van der Waals surface area contributed by atoms with Gasteiger partial charge in [-0.15, -0.1) is 10.2 Å². The molecule has 13 heavy (non-hydrogen) atoms. The molecule has 0 aliphatic carbocycles. The van der Waals surface area contributed by atoms with Gasteiger partial charge in [-0.25, -0.2) is 0 Å². The van der Waals surface area contributed by atoms with E-state index in [1.807, 2.05) is 0 Å². The van der Waals surface area contributed by atoms with Crippen molar-refractivity contribution in [1.29, 1.82) is 0 Å². The van der Waals surface area contributed by atoms with Crippen LogP contribution in [-0.4, -0.2) is 0 Å². The first-order valence-electron chi connectivity index (χ1n) is 3.62. The monoisotopic (exact) mass is 195 g/mol. The third-order valence-corrected chi connectivity index (χ3v) is 1.92. The van der Waals surface area contributed by atoms with Crippen LogP contribution in [-0.2, 0) is 0 Å². The highest BCUT2D eigenvalue weighted by atomic mass is 35.5. The lowest BCUT2D eigenvalue weighted by Crippen LogP contribution is -1.96. The van der Waals surface area contributed by atoms with E-state index in [-0.39, 0.29) is 0 Å². The summed E-state index contributed by atoms with van der Waals surface area (Å²) in [5.41, 5.74) is 7.03. The van der Waals surface area contributed by atoms with E-state index in [2.05, 4.69) is 20.7 Å². The van der Waals surface area contributed by atoms with Crippen LogP contribution in [0.5, 0.6) is 0 Å². The molecule has 0 bridgehead atoms. The largest absolute Gasteiger partial charge is 0.398 e. The number of nitrogens with two attached hydrogens (primary N) is 1. The van der Waals surface area contributed by atoms with Crippen molar-refractivity contribution in [3.63, 3.8) is 0 Å². The molecule has 0 fully saturated rings. The van der Waals surface area contributed by atoms with Gasteiger partial charge in [0.15, 0.2) is 0 Å². The number of halogens is 1. The Morgan fingerprint density at radius 3 is 2.62 bits per heavy atom. The van der Waals surface area contributed by atoms with Crippen LogP contribution in [0.25, 0.3) is 0 Å². The number of hydrogen-bond donors (Lipinski definition) is 1. The van der Waals surface area contributed by atoms with E-state index < -0.39 is 6.17 Å². The minimum atomic E-state index is -0.432. The summed E-state index contributed by atoms with van der Waals surface area (Å²) in [5.74, 6) is 0. The smallest absolute Gasteiger partial charge is 0.212 e. The summed E-state index contributed by atoms with van der Waals surface area (Å²) in [6, 6.07) is 5.13. The predicted octanol–water partition coefficient (Wildman–Crippen LogP) is 2.75. The molecule has 2 N–H and O–H groups in total. The van der Waals surface area contributed by atoms with Gasteiger partial charge in [0, 0.05) is 16.3 Å². The molecular weight excluding hydrogens is 190 g/mol. The Labute approximate surface area is 79.3 Å². The topological polar surface area (TPSA) is 75.5 Å². The second kappa shape index (κ2) is 3.10. The fourth-order valence-corrected chi connectivity index (χ4v) is 1.24. The molecule has 0 amide bonds. The third kappa shape index (κ3) is 1.50. The molecule has 0 saturated heterocycles. The number of benzene rings is 1. The standard InChI is InChI=1S/C7H6ClN5/c8-4-1-2-6(9)5(3-4)7-10-12-13-11-7/h1-3,7H,9H2. The van der Waals surface area contributed by atoms with Crippen LogP contribution in [0.1, 0.15) is 11.7 Å². The number of rotatable bonds is 1. The highest BCUT2D eigenvalue weighted by Gasteiger charge is 2.15. The van der Waals surface area contributed by atoms with Crippen molar-refractivity contribution in [3.05, 3.63) is 28.8 Å². The van der Waals surface area contributed by atoms with Crippen molar-refractivity contribution in [1.82, 2.24) is 0 Å². The first kappa shape index (κ1) is 8.12. The van der Waals surface area contributed by atoms with Gasteiger partial charge in [0.25, 0.3) is 0 Å². The number of nitrogen functional groups attached to an aromatic ring is 1. The van der Waals surface area contributed by atoms with E-state index in [0.29, 0.717) is 10.7 Å². The van der Waals surface area contributed by atoms with E-state index in [1.54, 1.807) is 18.2 Å². The highest BCUT2D eigenvalue weighted by Crippen LogP contribution is 2.30. The quantitative estimate of drug-likeness (QED) is 0.688. The second-order valence-corrected chi connectivity index (χ2v) is 2.99. The summed E-state index contributed by atoms with van der Waals surface area (Å²) < 4.78 is 0. The van der Waals surface area contributed by atoms with Crippen molar-refractivity contribution in [2.45, 2.75) is 6.17 Å². The van der Waals surface area contributed by atoms with Crippen LogP contribution < -0.4 is 5.73 Å². The van der Waals surface area contributed by atoms with E-state index >= 15 is 0 Å². The van der Waals surface area contributed by atoms with E-state index in [9.17, 15) is 0 Å². The lowest BCUT2D eigenvalue weighted by atomic mass is 10.1. The fourth-order valence-electron chi connectivity index (χ4n) is 1.06. The predicted molar refractivity (Wildman–Crippen MR) is 48.3 cm³/mol. The molecule has 1 aliphatic rings. The summed E-state index contributed by atoms with van der Waals surface area (Å²) in [5, 5.41) is 14.9. The van der Waals surface area contributed by atoms with E-state index in [0.717, 1.165) is 5.56 Å². The average molecular weight is 196 g/mol. The molecule has 0 unspecified atom stereocenters. The summed E-state index contributed by atoms with van der Waals surface area (Å²) in [7, 11) is 0. The van der Waals surface area contributed by atoms with E-state index in [1.165, 1.54) is 0 Å². The minimum Gasteiger partial charge on any atom is -0.398 e. The molecule has 0 spiro atoms. The second-order valence-electron chi connectivity index (χ2n) is 2.56. The van der Waals surface area contributed by atoms with Gasteiger partial charge < -0.3 is 5.73 Å². The molecule has 0 saturated carbocycles. The minimum absolute atomic E-state index is 0.432. The van der Waals surface area contributed by atoms with E-state index in [4.69, 9.17) is 17.3 Å². The molecule has 1 heterocycles. The zero-order valence-corrected chi connectivity index (χ0v) is 7.31. The number of nitrogens with zero attached hydrogens (tertiary/aromatic N) is 4. The van der Waals surface area contributed by atoms with Crippen LogP contribution in [0.2, 0.25) is 5.02 Å². The third-order valence-electron chi connectivity index (χ3n) is 1.69. The van der Waals surface area contributed by atoms with Gasteiger partial charge in [-0.1, -0.05) is 11.6 Å². The molecule has 5 nitrogen and oxygen atoms in total. The van der Waals surface area contributed by atoms with Gasteiger partial charge in [0.2, 0.25) is 6.17 Å². The first-order chi connectivity index (χ1) is 6.27. The highest BCUT2D eigenvalue weighted by molar-refractivity contribution is 6.30. The molecule has 6 heteroatoms. The van der Waals surface area contributed by atoms with Crippen LogP contribution in [0.3, 0.4) is 0 Å². The Hall–Kier alpha value is -1.49. The number of anilines is 1. The lowest BCUT2D eigenvalue weighted by Gasteiger charge is -2.05. The van der Waals surface area contributed by atoms with Crippen molar-refractivity contribution < 1.29 is 0 Å². The summed E-state index contributed by atoms with van der Waals surface area (Å²) in [6.07, 6.45) is -0.432. The van der Waals surface area contributed by atoms with Crippen molar-refractivity contribution in [2.24, 2.45) is 20.7 Å². The maximum atomic E-state index is 5.80. The van der Waals surface area contributed by atoms with Crippen LogP contribution >= 0.6 is 11.6 Å². The van der Waals surface area contributed by atoms with Crippen LogP contribution in [0, 0.1) is 0 Å². The van der Waals surface area contributed by atoms with Gasteiger partial charge in [0.05, 0.1) is 0 Å². The molecule has 0 radical (unpaired) electrons. The van der Waals surface area contributed by atoms with Gasteiger partial charge in [-0.3, -0.25) is 0 Å². The molecule has 66 valence electrons. The summed E-state index contributed by atoms with van der Waals surface area (Å²) in [6.45, 7) is 0. The average Bonchev–Trinajstić information content (AvgIpc) is 2.61. The maximum Gasteiger partial charge on any atom is 0.212 e. The SMILES string of the molecule is Nc1ccc(Cl)cc1C1N=NN=N1. The molecular formula is C7H6ClN5. The Morgan fingerprint density at radius 2 is 1.92 bits per heavy atom. The molecule has 0 atom stereocenters. The van der Waals surface area contributed by atoms with Crippen molar-refractivity contribution >= 4 is 17.3 Å². The zero-order chi connectivity index (χ0) is 9.26. The lowest BCUT2D eigenvalue weighted by molar-refractivity contribution is 0.767. The van der Waals surface area contributed by atoms with Crippen molar-refractivity contribution in [3.8, 4) is 0 Å². The van der Waals surface area contributed by atoms with Crippen molar-refractivity contribution in [2.75, 3.05) is 5.73 Å². The van der Waals surface area contributed by atoms with Crippen LogP contribution in [0.4, 0.5) is 5.69 Å². The fraction of sp³-hybridized carbons (Fsp3) is 0.143. The van der Waals surface area contributed by atoms with Gasteiger partial charge in [-0.05, 0) is 28.6 Å². The van der Waals surface area contributed by atoms with Gasteiger partial charge in [0.1, 0.15) is 0 Å². The molecule has 1 aliphatic heterocycles. The van der Waals surface area contributed by atoms with Gasteiger partial charge in [-0.2, -0.15) is 0 Å². The molecule has 1 aromatic carbocycles. The van der Waals surface area contributed by atoms with Gasteiger partial charge >= 0.3 is 0 Å². The van der Waals surface area contributed by atoms with Crippen LogP contribution in [0.15, 0.2) is 38.9 Å². The zero-order valence-electron chi connectivity index (χ0n) is 6.55. The Balaban J connectivity index is 2.44. The molecule has 2 rings (SSSR count). The Bertz CT molecular complexity index is 374. The summed E-state index contributed by atoms with van der Waals surface area (Å²) >= 11 is 5.80. The Morgan fingerprint density at radius 1 is 1.23 bits per heavy atom. The normalized spacial score (nSPS) is 15.5. The first-order valence-corrected chi connectivity index (χ1v) is 4.00. The Kier molecular flexibility index (Phi) is 1.94. The summed E-state index contributed by atoms with van der Waals surface area (Å²) in [4.78, 5) is 0.